The SMILES string of the molecule is NC1CCN(c2cn(S(=O)(=O)c3cccc4c3CCO4)c3cccnc23)CC1. The topological polar surface area (TPSA) is 90.5 Å². The summed E-state index contributed by atoms with van der Waals surface area (Å²) >= 11 is 0. The molecular weight excluding hydrogens is 376 g/mol. The third-order valence-electron chi connectivity index (χ3n) is 5.62. The van der Waals surface area contributed by atoms with Crippen LogP contribution in [0.25, 0.3) is 11.0 Å². The quantitative estimate of drug-likeness (QED) is 0.727. The van der Waals surface area contributed by atoms with Crippen molar-refractivity contribution in [1.29, 1.82) is 0 Å². The number of benzene rings is 1. The monoisotopic (exact) mass is 398 g/mol. The van der Waals surface area contributed by atoms with E-state index in [0.717, 1.165) is 37.2 Å². The minimum Gasteiger partial charge on any atom is -0.493 e. The van der Waals surface area contributed by atoms with E-state index in [1.807, 2.05) is 6.07 Å². The third-order valence-corrected chi connectivity index (χ3v) is 7.38. The molecule has 4 heterocycles. The van der Waals surface area contributed by atoms with Crippen molar-refractivity contribution in [3.05, 3.63) is 48.3 Å². The molecule has 2 aliphatic heterocycles. The highest BCUT2D eigenvalue weighted by molar-refractivity contribution is 7.90. The molecule has 146 valence electrons. The zero-order valence-electron chi connectivity index (χ0n) is 15.4. The van der Waals surface area contributed by atoms with E-state index in [2.05, 4.69) is 9.88 Å². The molecule has 5 rings (SSSR count). The maximum Gasteiger partial charge on any atom is 0.268 e. The standard InChI is InChI=1S/C20H22N4O3S/c21-14-6-10-23(11-7-14)17-13-24(16-3-2-9-22-20(16)17)28(25,26)19-5-1-4-18-15(19)8-12-27-18/h1-5,9,13-14H,6-8,10-12,21H2. The maximum absolute atomic E-state index is 13.6. The van der Waals surface area contributed by atoms with Crippen LogP contribution in [0.1, 0.15) is 18.4 Å². The van der Waals surface area contributed by atoms with Crippen LogP contribution in [0.5, 0.6) is 5.75 Å². The van der Waals surface area contributed by atoms with Crippen LogP contribution in [-0.2, 0) is 16.4 Å². The Kier molecular flexibility index (Phi) is 4.06. The van der Waals surface area contributed by atoms with Gasteiger partial charge in [0.1, 0.15) is 11.3 Å². The molecule has 0 atom stereocenters. The largest absolute Gasteiger partial charge is 0.493 e. The molecule has 1 saturated heterocycles. The first kappa shape index (κ1) is 17.5. The van der Waals surface area contributed by atoms with Crippen molar-refractivity contribution >= 4 is 26.7 Å². The summed E-state index contributed by atoms with van der Waals surface area (Å²) in [6.07, 6.45) is 5.77. The van der Waals surface area contributed by atoms with E-state index >= 15 is 0 Å². The third kappa shape index (κ3) is 2.67. The highest BCUT2D eigenvalue weighted by atomic mass is 32.2. The van der Waals surface area contributed by atoms with Crippen molar-refractivity contribution in [2.24, 2.45) is 5.73 Å². The predicted octanol–water partition coefficient (Wildman–Crippen LogP) is 2.14. The van der Waals surface area contributed by atoms with Gasteiger partial charge in [-0.3, -0.25) is 4.98 Å². The van der Waals surface area contributed by atoms with Gasteiger partial charge in [0, 0.05) is 43.5 Å². The fraction of sp³-hybridized carbons (Fsp3) is 0.350. The van der Waals surface area contributed by atoms with Crippen molar-refractivity contribution in [3.63, 3.8) is 0 Å². The van der Waals surface area contributed by atoms with Gasteiger partial charge in [-0.25, -0.2) is 12.4 Å². The molecule has 0 bridgehead atoms. The molecule has 3 aromatic rings. The summed E-state index contributed by atoms with van der Waals surface area (Å²) in [5.74, 6) is 0.654. The Morgan fingerprint density at radius 3 is 2.79 bits per heavy atom. The zero-order valence-corrected chi connectivity index (χ0v) is 16.2. The van der Waals surface area contributed by atoms with Gasteiger partial charge in [0.2, 0.25) is 0 Å². The first-order valence-corrected chi connectivity index (χ1v) is 11.0. The van der Waals surface area contributed by atoms with Crippen LogP contribution in [-0.4, -0.2) is 43.1 Å². The van der Waals surface area contributed by atoms with Gasteiger partial charge in [0.05, 0.1) is 22.7 Å². The van der Waals surface area contributed by atoms with Crippen LogP contribution in [0, 0.1) is 0 Å². The van der Waals surface area contributed by atoms with Crippen molar-refractivity contribution in [3.8, 4) is 5.75 Å². The van der Waals surface area contributed by atoms with Crippen LogP contribution in [0.15, 0.2) is 47.6 Å². The average molecular weight is 398 g/mol. The molecule has 1 aromatic carbocycles. The van der Waals surface area contributed by atoms with Crippen LogP contribution in [0.2, 0.25) is 0 Å². The number of fused-ring (bicyclic) bond motifs is 2. The fourth-order valence-electron chi connectivity index (χ4n) is 4.12. The molecule has 7 nitrogen and oxygen atoms in total. The minimum absolute atomic E-state index is 0.202. The van der Waals surface area contributed by atoms with Crippen molar-refractivity contribution < 1.29 is 13.2 Å². The van der Waals surface area contributed by atoms with Crippen LogP contribution in [0.4, 0.5) is 5.69 Å². The summed E-state index contributed by atoms with van der Waals surface area (Å²) in [6.45, 7) is 2.10. The van der Waals surface area contributed by atoms with Gasteiger partial charge >= 0.3 is 0 Å². The lowest BCUT2D eigenvalue weighted by Crippen LogP contribution is -2.39. The molecule has 0 aliphatic carbocycles. The number of nitrogens with two attached hydrogens (primary N) is 1. The van der Waals surface area contributed by atoms with Crippen LogP contribution >= 0.6 is 0 Å². The summed E-state index contributed by atoms with van der Waals surface area (Å²) < 4.78 is 34.1. The molecule has 2 N–H and O–H groups in total. The van der Waals surface area contributed by atoms with E-state index in [9.17, 15) is 8.42 Å². The number of ether oxygens (including phenoxy) is 1. The molecule has 0 amide bonds. The van der Waals surface area contributed by atoms with Gasteiger partial charge in [-0.2, -0.15) is 0 Å². The van der Waals surface area contributed by atoms with Crippen molar-refractivity contribution in [2.45, 2.75) is 30.2 Å². The molecule has 2 aliphatic rings. The molecule has 1 fully saturated rings. The Hall–Kier alpha value is -2.58. The van der Waals surface area contributed by atoms with Gasteiger partial charge in [0.15, 0.2) is 0 Å². The van der Waals surface area contributed by atoms with Gasteiger partial charge in [-0.1, -0.05) is 6.07 Å². The fourth-order valence-corrected chi connectivity index (χ4v) is 5.74. The summed E-state index contributed by atoms with van der Waals surface area (Å²) in [5, 5.41) is 0. The Balaban J connectivity index is 1.67. The molecule has 2 aromatic heterocycles. The lowest BCUT2D eigenvalue weighted by atomic mass is 10.1. The zero-order chi connectivity index (χ0) is 19.3. The Bertz CT molecular complexity index is 1150. The van der Waals surface area contributed by atoms with Gasteiger partial charge in [0.25, 0.3) is 10.0 Å². The van der Waals surface area contributed by atoms with E-state index < -0.39 is 10.0 Å². The van der Waals surface area contributed by atoms with E-state index in [1.54, 1.807) is 36.7 Å². The summed E-state index contributed by atoms with van der Waals surface area (Å²) in [7, 11) is -3.77. The molecule has 0 saturated carbocycles. The first-order valence-electron chi connectivity index (χ1n) is 9.52. The second-order valence-electron chi connectivity index (χ2n) is 7.34. The Morgan fingerprint density at radius 1 is 1.14 bits per heavy atom. The smallest absolute Gasteiger partial charge is 0.268 e. The lowest BCUT2D eigenvalue weighted by Gasteiger charge is -2.31. The van der Waals surface area contributed by atoms with Crippen molar-refractivity contribution in [2.75, 3.05) is 24.6 Å². The first-order chi connectivity index (χ1) is 13.6. The summed E-state index contributed by atoms with van der Waals surface area (Å²) in [4.78, 5) is 6.98. The number of pyridine rings is 1. The van der Waals surface area contributed by atoms with Gasteiger partial charge in [-0.15, -0.1) is 0 Å². The summed E-state index contributed by atoms with van der Waals surface area (Å²) in [5.41, 5.74) is 8.91. The summed E-state index contributed by atoms with van der Waals surface area (Å²) in [6, 6.07) is 8.98. The second kappa shape index (κ2) is 6.49. The highest BCUT2D eigenvalue weighted by Gasteiger charge is 2.29. The maximum atomic E-state index is 13.6. The predicted molar refractivity (Wildman–Crippen MR) is 107 cm³/mol. The second-order valence-corrected chi connectivity index (χ2v) is 9.13. The Labute approximate surface area is 163 Å². The molecular formula is C20H22N4O3S. The van der Waals surface area contributed by atoms with E-state index in [1.165, 1.54) is 3.97 Å². The van der Waals surface area contributed by atoms with Gasteiger partial charge in [-0.05, 0) is 37.1 Å². The highest BCUT2D eigenvalue weighted by Crippen LogP contribution is 2.36. The molecule has 0 radical (unpaired) electrons. The van der Waals surface area contributed by atoms with E-state index in [0.29, 0.717) is 34.7 Å². The van der Waals surface area contributed by atoms with Crippen LogP contribution in [0.3, 0.4) is 0 Å². The number of rotatable bonds is 3. The number of piperidine rings is 1. The normalized spacial score (nSPS) is 17.7. The minimum atomic E-state index is -3.77. The van der Waals surface area contributed by atoms with Crippen LogP contribution < -0.4 is 15.4 Å². The number of nitrogens with zero attached hydrogens (tertiary/aromatic N) is 3. The lowest BCUT2D eigenvalue weighted by molar-refractivity contribution is 0.357. The molecule has 0 unspecified atom stereocenters. The average Bonchev–Trinajstić information content (AvgIpc) is 3.33. The molecule has 28 heavy (non-hydrogen) atoms. The number of hydrogen-bond donors (Lipinski definition) is 1. The number of aromatic nitrogens is 2. The van der Waals surface area contributed by atoms with E-state index in [4.69, 9.17) is 10.5 Å². The van der Waals surface area contributed by atoms with E-state index in [-0.39, 0.29) is 6.04 Å². The number of hydrogen-bond acceptors (Lipinski definition) is 6. The van der Waals surface area contributed by atoms with Crippen molar-refractivity contribution in [1.82, 2.24) is 8.96 Å². The number of anilines is 1. The molecule has 8 heteroatoms. The molecule has 0 spiro atoms. The Morgan fingerprint density at radius 2 is 1.96 bits per heavy atom. The van der Waals surface area contributed by atoms with Gasteiger partial charge < -0.3 is 15.4 Å².